The number of hydrogen-bond donors (Lipinski definition) is 2. The van der Waals surface area contributed by atoms with Gasteiger partial charge < -0.3 is 28.8 Å². The van der Waals surface area contributed by atoms with Crippen molar-refractivity contribution in [2.45, 2.75) is 90.3 Å². The van der Waals surface area contributed by atoms with Crippen molar-refractivity contribution in [2.24, 2.45) is 33.5 Å². The van der Waals surface area contributed by atoms with Gasteiger partial charge >= 0.3 is 11.9 Å². The number of aliphatic hydroxyl groups excluding tert-OH is 2. The topological polar surface area (TPSA) is 115 Å². The lowest BCUT2D eigenvalue weighted by molar-refractivity contribution is -0.268. The number of hydrogen-bond acceptors (Lipinski definition) is 8. The molecular formula is C37H44O8. The second-order valence-electron chi connectivity index (χ2n) is 14.9. The Labute approximate surface area is 264 Å². The van der Waals surface area contributed by atoms with Crippen LogP contribution in [-0.4, -0.2) is 59.3 Å². The van der Waals surface area contributed by atoms with Crippen LogP contribution in [0.5, 0.6) is 0 Å². The summed E-state index contributed by atoms with van der Waals surface area (Å²) < 4.78 is 24.5. The van der Waals surface area contributed by atoms with Crippen molar-refractivity contribution in [1.82, 2.24) is 0 Å². The van der Waals surface area contributed by atoms with Crippen LogP contribution < -0.4 is 0 Å². The van der Waals surface area contributed by atoms with Gasteiger partial charge in [-0.3, -0.25) is 4.79 Å². The lowest BCUT2D eigenvalue weighted by Gasteiger charge is -2.69. The fourth-order valence-corrected chi connectivity index (χ4v) is 10.8. The van der Waals surface area contributed by atoms with Crippen LogP contribution in [0.1, 0.15) is 70.9 Å². The number of ether oxygens (including phenoxy) is 3. The highest BCUT2D eigenvalue weighted by molar-refractivity contribution is 5.87. The van der Waals surface area contributed by atoms with Gasteiger partial charge in [-0.15, -0.1) is 0 Å². The molecule has 12 atom stereocenters. The van der Waals surface area contributed by atoms with Crippen LogP contribution in [0.4, 0.5) is 0 Å². The van der Waals surface area contributed by atoms with Gasteiger partial charge in [-0.1, -0.05) is 69.7 Å². The van der Waals surface area contributed by atoms with E-state index >= 15 is 0 Å². The minimum atomic E-state index is -0.881. The normalized spacial score (nSPS) is 44.9. The van der Waals surface area contributed by atoms with Crippen molar-refractivity contribution in [2.75, 3.05) is 6.61 Å². The van der Waals surface area contributed by atoms with E-state index < -0.39 is 58.1 Å². The Balaban J connectivity index is 1.33. The summed E-state index contributed by atoms with van der Waals surface area (Å²) >= 11 is 0. The smallest absolute Gasteiger partial charge is 0.331 e. The van der Waals surface area contributed by atoms with Crippen LogP contribution in [-0.2, 0) is 23.8 Å². The molecule has 2 N–H and O–H groups in total. The highest BCUT2D eigenvalue weighted by Crippen LogP contribution is 2.75. The molecule has 2 heterocycles. The quantitative estimate of drug-likeness (QED) is 0.259. The van der Waals surface area contributed by atoms with E-state index in [4.69, 9.17) is 18.6 Å². The van der Waals surface area contributed by atoms with Gasteiger partial charge in [0.05, 0.1) is 37.4 Å². The first-order chi connectivity index (χ1) is 21.4. The summed E-state index contributed by atoms with van der Waals surface area (Å²) in [4.78, 5) is 26.1. The molecule has 1 aromatic carbocycles. The second kappa shape index (κ2) is 10.4. The molecule has 3 saturated carbocycles. The summed E-state index contributed by atoms with van der Waals surface area (Å²) in [5.74, 6) is -1.40. The monoisotopic (exact) mass is 616 g/mol. The number of esters is 2. The highest BCUT2D eigenvalue weighted by atomic mass is 16.6. The van der Waals surface area contributed by atoms with E-state index in [1.54, 1.807) is 18.6 Å². The Morgan fingerprint density at radius 2 is 1.73 bits per heavy atom. The Morgan fingerprint density at radius 3 is 2.42 bits per heavy atom. The van der Waals surface area contributed by atoms with E-state index in [1.807, 2.05) is 43.3 Å². The van der Waals surface area contributed by atoms with Gasteiger partial charge in [0.1, 0.15) is 12.2 Å². The number of carbonyl (C=O) groups is 2. The van der Waals surface area contributed by atoms with Crippen LogP contribution in [0.25, 0.3) is 6.08 Å². The summed E-state index contributed by atoms with van der Waals surface area (Å²) in [6.45, 7) is 10.2. The molecule has 1 saturated heterocycles. The molecule has 0 spiro atoms. The molecule has 8 nitrogen and oxygen atoms in total. The SMILES string of the molecule is CC(=O)O[C@H]1C[C@H]2[C@](C)(C3=CC[C@@H](c4ccoc4)[C@@]31C)[C@H](O)C1OC[C@@]3(C)C1[C@]2(C)[C@@H](OC(=O)/C=C/c1ccccc1)C[C@H]3O. The average Bonchev–Trinajstić information content (AvgIpc) is 3.74. The Morgan fingerprint density at radius 1 is 0.978 bits per heavy atom. The lowest BCUT2D eigenvalue weighted by atomic mass is 9.36. The van der Waals surface area contributed by atoms with Crippen LogP contribution in [0.2, 0.25) is 0 Å². The molecule has 45 heavy (non-hydrogen) atoms. The standard InChI is InChI=1S/C37H44O8/c1-21(38)44-28-17-26-36(4,25-13-12-24(35(25,28)3)23-15-16-42-19-23)33(41)31-32-34(2,20-43-31)27(39)18-29(37(26,32)5)45-30(40)14-11-22-9-7-6-8-10-22/h6-11,13-16,19,24,26-29,31-33,39,41H,12,17-18,20H2,1-5H3/b14-11+/t24-,26-,27+,28-,29-,31?,32?,33+,34+,35-,36-,37-/m0/s1. The molecule has 0 amide bonds. The summed E-state index contributed by atoms with van der Waals surface area (Å²) in [7, 11) is 0. The number of rotatable bonds is 5. The average molecular weight is 617 g/mol. The van der Waals surface area contributed by atoms with Gasteiger partial charge in [0.2, 0.25) is 0 Å². The largest absolute Gasteiger partial charge is 0.472 e. The fraction of sp³-hybridized carbons (Fsp3) is 0.568. The maximum atomic E-state index is 13.4. The van der Waals surface area contributed by atoms with Crippen LogP contribution in [0.3, 0.4) is 0 Å². The Hall–Kier alpha value is -3.20. The van der Waals surface area contributed by atoms with E-state index in [1.165, 1.54) is 13.0 Å². The third-order valence-electron chi connectivity index (χ3n) is 12.9. The Bertz CT molecular complexity index is 1530. The molecule has 240 valence electrons. The van der Waals surface area contributed by atoms with Crippen LogP contribution in [0.15, 0.2) is 71.1 Å². The Kier molecular flexibility index (Phi) is 7.04. The molecule has 7 rings (SSSR count). The highest BCUT2D eigenvalue weighted by Gasteiger charge is 2.78. The van der Waals surface area contributed by atoms with E-state index in [0.29, 0.717) is 19.4 Å². The molecule has 5 aliphatic rings. The van der Waals surface area contributed by atoms with Crippen molar-refractivity contribution in [3.63, 3.8) is 0 Å². The van der Waals surface area contributed by atoms with Gasteiger partial charge in [0.15, 0.2) is 0 Å². The first kappa shape index (κ1) is 30.5. The maximum absolute atomic E-state index is 13.4. The minimum Gasteiger partial charge on any atom is -0.472 e. The summed E-state index contributed by atoms with van der Waals surface area (Å²) in [6, 6.07) is 11.5. The minimum absolute atomic E-state index is 0.00852. The first-order valence-corrected chi connectivity index (χ1v) is 16.2. The molecule has 4 fully saturated rings. The van der Waals surface area contributed by atoms with E-state index in [0.717, 1.165) is 16.7 Å². The molecule has 1 aliphatic heterocycles. The summed E-state index contributed by atoms with van der Waals surface area (Å²) in [6.07, 6.45) is 6.85. The van der Waals surface area contributed by atoms with E-state index in [2.05, 4.69) is 26.8 Å². The molecule has 8 heteroatoms. The second-order valence-corrected chi connectivity index (χ2v) is 14.9. The first-order valence-electron chi connectivity index (χ1n) is 16.2. The fourth-order valence-electron chi connectivity index (χ4n) is 10.8. The third-order valence-corrected chi connectivity index (χ3v) is 12.9. The number of furan rings is 1. The summed E-state index contributed by atoms with van der Waals surface area (Å²) in [5.41, 5.74) is 0.210. The zero-order valence-electron chi connectivity index (χ0n) is 26.6. The van der Waals surface area contributed by atoms with Crippen molar-refractivity contribution in [3.05, 3.63) is 77.8 Å². The maximum Gasteiger partial charge on any atom is 0.331 e. The third kappa shape index (κ3) is 4.14. The number of aliphatic hydroxyl groups is 2. The summed E-state index contributed by atoms with van der Waals surface area (Å²) in [5, 5.41) is 24.0. The predicted octanol–water partition coefficient (Wildman–Crippen LogP) is 5.45. The molecule has 2 unspecified atom stereocenters. The van der Waals surface area contributed by atoms with Gasteiger partial charge in [-0.25, -0.2) is 4.79 Å². The van der Waals surface area contributed by atoms with Crippen LogP contribution in [0, 0.1) is 33.5 Å². The van der Waals surface area contributed by atoms with Gasteiger partial charge in [-0.05, 0) is 42.0 Å². The van der Waals surface area contributed by atoms with Crippen molar-refractivity contribution < 1.29 is 38.4 Å². The van der Waals surface area contributed by atoms with Crippen molar-refractivity contribution >= 4 is 18.0 Å². The number of allylic oxidation sites excluding steroid dienone is 1. The van der Waals surface area contributed by atoms with Gasteiger partial charge in [-0.2, -0.15) is 0 Å². The molecular weight excluding hydrogens is 572 g/mol. The molecule has 0 bridgehead atoms. The number of carbonyl (C=O) groups excluding carboxylic acids is 2. The van der Waals surface area contributed by atoms with E-state index in [-0.39, 0.29) is 30.1 Å². The molecule has 1 aromatic heterocycles. The van der Waals surface area contributed by atoms with Crippen molar-refractivity contribution in [3.8, 4) is 0 Å². The zero-order valence-corrected chi connectivity index (χ0v) is 26.6. The number of benzene rings is 1. The molecule has 2 aromatic rings. The number of fused-ring (bicyclic) bond motifs is 4. The van der Waals surface area contributed by atoms with Crippen molar-refractivity contribution in [1.29, 1.82) is 0 Å². The predicted molar refractivity (Wildman–Crippen MR) is 165 cm³/mol. The van der Waals surface area contributed by atoms with Gasteiger partial charge in [0, 0.05) is 52.9 Å². The van der Waals surface area contributed by atoms with Crippen LogP contribution >= 0.6 is 0 Å². The zero-order chi connectivity index (χ0) is 31.9. The lowest BCUT2D eigenvalue weighted by Crippen LogP contribution is -2.74. The molecule has 4 aliphatic carbocycles. The van der Waals surface area contributed by atoms with E-state index in [9.17, 15) is 19.8 Å². The van der Waals surface area contributed by atoms with Gasteiger partial charge in [0.25, 0.3) is 0 Å². The molecule has 0 radical (unpaired) electrons.